The smallest absolute Gasteiger partial charge is 0.410 e. The number of amides is 1. The summed E-state index contributed by atoms with van der Waals surface area (Å²) >= 11 is 0. The molecule has 1 atom stereocenters. The molecule has 1 amide bonds. The first-order valence-corrected chi connectivity index (χ1v) is 6.26. The highest BCUT2D eigenvalue weighted by atomic mass is 16.6. The van der Waals surface area contributed by atoms with E-state index in [9.17, 15) is 4.79 Å². The van der Waals surface area contributed by atoms with Crippen molar-refractivity contribution in [2.75, 3.05) is 0 Å². The van der Waals surface area contributed by atoms with Gasteiger partial charge in [0.25, 0.3) is 0 Å². The molecule has 6 nitrogen and oxygen atoms in total. The van der Waals surface area contributed by atoms with Crippen LogP contribution in [0.15, 0.2) is 65.8 Å². The maximum absolute atomic E-state index is 11.9. The predicted octanol–water partition coefficient (Wildman–Crippen LogP) is 2.26. The van der Waals surface area contributed by atoms with Crippen molar-refractivity contribution in [2.45, 2.75) is 6.04 Å². The highest BCUT2D eigenvalue weighted by Crippen LogP contribution is 2.14. The first-order valence-electron chi connectivity index (χ1n) is 6.26. The van der Waals surface area contributed by atoms with Crippen LogP contribution in [0.1, 0.15) is 11.6 Å². The number of hydrogen-bond donors (Lipinski definition) is 3. The van der Waals surface area contributed by atoms with Crippen LogP contribution in [0.3, 0.4) is 0 Å². The summed E-state index contributed by atoms with van der Waals surface area (Å²) in [4.78, 5) is 11.9. The number of hydrogen-bond acceptors (Lipinski definition) is 4. The zero-order valence-corrected chi connectivity index (χ0v) is 11.1. The number of amidine groups is 1. The number of rotatable bonds is 4. The van der Waals surface area contributed by atoms with Crippen molar-refractivity contribution in [3.8, 4) is 5.75 Å². The second kappa shape index (κ2) is 6.95. The number of ether oxygens (including phenoxy) is 1. The van der Waals surface area contributed by atoms with Gasteiger partial charge in [0.1, 0.15) is 11.8 Å². The van der Waals surface area contributed by atoms with Gasteiger partial charge in [-0.2, -0.15) is 0 Å². The molecule has 2 rings (SSSR count). The van der Waals surface area contributed by atoms with Gasteiger partial charge in [-0.1, -0.05) is 53.7 Å². The van der Waals surface area contributed by atoms with Gasteiger partial charge in [-0.3, -0.25) is 0 Å². The quantitative estimate of drug-likeness (QED) is 0.347. The normalized spacial score (nSPS) is 12.5. The lowest BCUT2D eigenvalue weighted by molar-refractivity contribution is 0.198. The topological polar surface area (TPSA) is 96.9 Å². The summed E-state index contributed by atoms with van der Waals surface area (Å²) in [5, 5.41) is 14.3. The third-order valence-electron chi connectivity index (χ3n) is 2.76. The van der Waals surface area contributed by atoms with Gasteiger partial charge in [0.05, 0.1) is 0 Å². The van der Waals surface area contributed by atoms with Crippen molar-refractivity contribution in [3.63, 3.8) is 0 Å². The van der Waals surface area contributed by atoms with Gasteiger partial charge in [0, 0.05) is 0 Å². The number of nitrogens with two attached hydrogens (primary N) is 1. The molecule has 2 aromatic carbocycles. The first-order chi connectivity index (χ1) is 10.2. The summed E-state index contributed by atoms with van der Waals surface area (Å²) in [5.74, 6) is 0.271. The summed E-state index contributed by atoms with van der Waals surface area (Å²) < 4.78 is 5.12. The lowest BCUT2D eigenvalue weighted by atomic mass is 10.1. The van der Waals surface area contributed by atoms with Crippen LogP contribution in [0, 0.1) is 0 Å². The zero-order valence-electron chi connectivity index (χ0n) is 11.1. The SMILES string of the molecule is N/C(=N/O)C(NC(=O)Oc1ccccc1)c1ccccc1. The lowest BCUT2D eigenvalue weighted by Crippen LogP contribution is -2.39. The van der Waals surface area contributed by atoms with E-state index in [4.69, 9.17) is 15.7 Å². The van der Waals surface area contributed by atoms with Crippen molar-refractivity contribution >= 4 is 11.9 Å². The number of oxime groups is 1. The lowest BCUT2D eigenvalue weighted by Gasteiger charge is -2.17. The maximum Gasteiger partial charge on any atom is 0.413 e. The zero-order chi connectivity index (χ0) is 15.1. The molecule has 4 N–H and O–H groups in total. The molecular formula is C15H15N3O3. The van der Waals surface area contributed by atoms with E-state index >= 15 is 0 Å². The molecule has 0 saturated heterocycles. The number of nitrogens with one attached hydrogen (secondary N) is 1. The van der Waals surface area contributed by atoms with Crippen LogP contribution in [0.25, 0.3) is 0 Å². The van der Waals surface area contributed by atoms with Crippen LogP contribution < -0.4 is 15.8 Å². The molecule has 0 bridgehead atoms. The fraction of sp³-hybridized carbons (Fsp3) is 0.0667. The number of carbonyl (C=O) groups is 1. The van der Waals surface area contributed by atoms with Crippen molar-refractivity contribution in [1.29, 1.82) is 0 Å². The molecule has 0 aromatic heterocycles. The molecule has 0 aliphatic rings. The summed E-state index contributed by atoms with van der Waals surface area (Å²) in [6, 6.07) is 16.8. The Hall–Kier alpha value is -3.02. The number of nitrogens with zero attached hydrogens (tertiary/aromatic N) is 1. The van der Waals surface area contributed by atoms with E-state index in [1.54, 1.807) is 48.5 Å². The van der Waals surface area contributed by atoms with E-state index in [0.29, 0.717) is 11.3 Å². The predicted molar refractivity (Wildman–Crippen MR) is 78.2 cm³/mol. The maximum atomic E-state index is 11.9. The summed E-state index contributed by atoms with van der Waals surface area (Å²) in [5.41, 5.74) is 6.30. The highest BCUT2D eigenvalue weighted by molar-refractivity contribution is 5.89. The summed E-state index contributed by atoms with van der Waals surface area (Å²) in [6.45, 7) is 0. The summed E-state index contributed by atoms with van der Waals surface area (Å²) in [7, 11) is 0. The molecule has 6 heteroatoms. The Morgan fingerprint density at radius 1 is 1.10 bits per heavy atom. The van der Waals surface area contributed by atoms with E-state index in [-0.39, 0.29) is 5.84 Å². The van der Waals surface area contributed by atoms with Crippen LogP contribution in [0.4, 0.5) is 4.79 Å². The Kier molecular flexibility index (Phi) is 4.76. The number of benzene rings is 2. The molecule has 21 heavy (non-hydrogen) atoms. The van der Waals surface area contributed by atoms with E-state index in [2.05, 4.69) is 10.5 Å². The summed E-state index contributed by atoms with van der Waals surface area (Å²) in [6.07, 6.45) is -0.693. The van der Waals surface area contributed by atoms with Crippen LogP contribution in [-0.4, -0.2) is 17.1 Å². The molecular weight excluding hydrogens is 270 g/mol. The Morgan fingerprint density at radius 3 is 2.24 bits per heavy atom. The van der Waals surface area contributed by atoms with E-state index < -0.39 is 12.1 Å². The molecule has 2 aromatic rings. The molecule has 0 aliphatic carbocycles. The Labute approximate surface area is 121 Å². The van der Waals surface area contributed by atoms with E-state index in [1.807, 2.05) is 12.1 Å². The standard InChI is InChI=1S/C15H15N3O3/c16-14(18-20)13(11-7-3-1-4-8-11)17-15(19)21-12-9-5-2-6-10-12/h1-10,13,20H,(H2,16,18)(H,17,19). The fourth-order valence-corrected chi connectivity index (χ4v) is 1.77. The van der Waals surface area contributed by atoms with Crippen molar-refractivity contribution in [3.05, 3.63) is 66.2 Å². The van der Waals surface area contributed by atoms with Gasteiger partial charge >= 0.3 is 6.09 Å². The minimum absolute atomic E-state index is 0.133. The molecule has 0 aliphatic heterocycles. The van der Waals surface area contributed by atoms with Gasteiger partial charge < -0.3 is 21.0 Å². The van der Waals surface area contributed by atoms with E-state index in [0.717, 1.165) is 0 Å². The second-order valence-corrected chi connectivity index (χ2v) is 4.22. The molecule has 0 fully saturated rings. The average Bonchev–Trinajstić information content (AvgIpc) is 2.53. The first kappa shape index (κ1) is 14.4. The molecule has 0 saturated carbocycles. The Bertz CT molecular complexity index is 615. The van der Waals surface area contributed by atoms with Gasteiger partial charge in [0.15, 0.2) is 5.84 Å². The monoisotopic (exact) mass is 285 g/mol. The third-order valence-corrected chi connectivity index (χ3v) is 2.76. The van der Waals surface area contributed by atoms with Crippen molar-refractivity contribution < 1.29 is 14.7 Å². The molecule has 0 heterocycles. The highest BCUT2D eigenvalue weighted by Gasteiger charge is 2.20. The average molecular weight is 285 g/mol. The van der Waals surface area contributed by atoms with Gasteiger partial charge in [0.2, 0.25) is 0 Å². The van der Waals surface area contributed by atoms with Crippen LogP contribution in [-0.2, 0) is 0 Å². The molecule has 1 unspecified atom stereocenters. The van der Waals surface area contributed by atoms with Crippen LogP contribution in [0.2, 0.25) is 0 Å². The molecule has 108 valence electrons. The van der Waals surface area contributed by atoms with E-state index in [1.165, 1.54) is 0 Å². The molecule has 0 spiro atoms. The van der Waals surface area contributed by atoms with Crippen LogP contribution >= 0.6 is 0 Å². The fourth-order valence-electron chi connectivity index (χ4n) is 1.77. The van der Waals surface area contributed by atoms with Gasteiger partial charge in [-0.15, -0.1) is 0 Å². The minimum Gasteiger partial charge on any atom is -0.410 e. The Morgan fingerprint density at radius 2 is 1.67 bits per heavy atom. The number of para-hydroxylation sites is 1. The van der Waals surface area contributed by atoms with Gasteiger partial charge in [-0.25, -0.2) is 4.79 Å². The molecule has 0 radical (unpaired) electrons. The Balaban J connectivity index is 2.11. The third kappa shape index (κ3) is 3.97. The second-order valence-electron chi connectivity index (χ2n) is 4.22. The van der Waals surface area contributed by atoms with Crippen molar-refractivity contribution in [2.24, 2.45) is 10.9 Å². The minimum atomic E-state index is -0.771. The number of carbonyl (C=O) groups excluding carboxylic acids is 1. The largest absolute Gasteiger partial charge is 0.413 e. The van der Waals surface area contributed by atoms with Crippen LogP contribution in [0.5, 0.6) is 5.75 Å². The van der Waals surface area contributed by atoms with Crippen molar-refractivity contribution in [1.82, 2.24) is 5.32 Å². The van der Waals surface area contributed by atoms with Gasteiger partial charge in [-0.05, 0) is 17.7 Å².